The Hall–Kier alpha value is -1.89. The van der Waals surface area contributed by atoms with Crippen molar-refractivity contribution in [2.24, 2.45) is 0 Å². The van der Waals surface area contributed by atoms with Gasteiger partial charge in [0, 0.05) is 12.3 Å². The smallest absolute Gasteiger partial charge is 0.262 e. The van der Waals surface area contributed by atoms with Crippen LogP contribution in [0.15, 0.2) is 28.2 Å². The highest BCUT2D eigenvalue weighted by Gasteiger charge is 2.18. The molecule has 0 aliphatic rings. The largest absolute Gasteiger partial charge is 0.276 e. The molecule has 0 saturated heterocycles. The van der Waals surface area contributed by atoms with Gasteiger partial charge in [-0.3, -0.25) is 13.8 Å². The predicted octanol–water partition coefficient (Wildman–Crippen LogP) is 3.10. The minimum atomic E-state index is -0.429. The average molecular weight is 320 g/mol. The van der Waals surface area contributed by atoms with Gasteiger partial charge in [0.05, 0.1) is 10.9 Å². The second-order valence-corrected chi connectivity index (χ2v) is 6.12. The molecule has 2 heterocycles. The zero-order valence-corrected chi connectivity index (χ0v) is 13.4. The molecule has 0 spiro atoms. The molecule has 0 fully saturated rings. The minimum absolute atomic E-state index is 0.219. The minimum Gasteiger partial charge on any atom is -0.276 e. The molecule has 5 nitrogen and oxygen atoms in total. The van der Waals surface area contributed by atoms with E-state index in [9.17, 15) is 9.18 Å². The van der Waals surface area contributed by atoms with Crippen molar-refractivity contribution < 1.29 is 4.39 Å². The van der Waals surface area contributed by atoms with Gasteiger partial charge in [-0.2, -0.15) is 0 Å². The molecule has 7 heteroatoms. The highest BCUT2D eigenvalue weighted by atomic mass is 32.2. The summed E-state index contributed by atoms with van der Waals surface area (Å²) in [5.41, 5.74) is 0.0433. The lowest BCUT2D eigenvalue weighted by Crippen LogP contribution is -2.23. The maximum absolute atomic E-state index is 14.4. The molecule has 0 amide bonds. The van der Waals surface area contributed by atoms with E-state index in [0.29, 0.717) is 22.9 Å². The van der Waals surface area contributed by atoms with Crippen LogP contribution < -0.4 is 5.56 Å². The first-order chi connectivity index (χ1) is 10.7. The van der Waals surface area contributed by atoms with E-state index in [1.54, 1.807) is 21.1 Å². The van der Waals surface area contributed by atoms with Crippen LogP contribution in [0.4, 0.5) is 4.39 Å². The summed E-state index contributed by atoms with van der Waals surface area (Å²) in [5, 5.41) is 9.27. The van der Waals surface area contributed by atoms with Crippen molar-refractivity contribution in [3.05, 3.63) is 34.4 Å². The van der Waals surface area contributed by atoms with Gasteiger partial charge in [-0.1, -0.05) is 31.7 Å². The zero-order valence-electron chi connectivity index (χ0n) is 12.5. The van der Waals surface area contributed by atoms with Crippen LogP contribution in [0.5, 0.6) is 0 Å². The van der Waals surface area contributed by atoms with E-state index in [4.69, 9.17) is 0 Å². The summed E-state index contributed by atoms with van der Waals surface area (Å²) in [7, 11) is 0. The van der Waals surface area contributed by atoms with E-state index in [1.165, 1.54) is 17.8 Å². The molecule has 0 N–H and O–H groups in total. The molecule has 0 atom stereocenters. The Morgan fingerprint density at radius 1 is 1.23 bits per heavy atom. The van der Waals surface area contributed by atoms with Crippen molar-refractivity contribution in [1.29, 1.82) is 0 Å². The Morgan fingerprint density at radius 3 is 2.77 bits per heavy atom. The van der Waals surface area contributed by atoms with Gasteiger partial charge in [0.1, 0.15) is 5.82 Å². The third-order valence-electron chi connectivity index (χ3n) is 3.43. The first-order valence-electron chi connectivity index (χ1n) is 7.38. The fourth-order valence-electron chi connectivity index (χ4n) is 2.50. The van der Waals surface area contributed by atoms with Crippen LogP contribution >= 0.6 is 11.8 Å². The highest BCUT2D eigenvalue weighted by Crippen LogP contribution is 2.23. The number of para-hydroxylation sites is 1. The number of rotatable bonds is 5. The van der Waals surface area contributed by atoms with Crippen LogP contribution in [0.3, 0.4) is 0 Å². The molecule has 3 rings (SSSR count). The van der Waals surface area contributed by atoms with Gasteiger partial charge in [0.2, 0.25) is 5.78 Å². The summed E-state index contributed by atoms with van der Waals surface area (Å²) in [6.45, 7) is 4.59. The molecule has 0 aliphatic heterocycles. The predicted molar refractivity (Wildman–Crippen MR) is 86.0 cm³/mol. The summed E-state index contributed by atoms with van der Waals surface area (Å²) in [6.07, 6.45) is 1.77. The lowest BCUT2D eigenvalue weighted by Gasteiger charge is -2.10. The van der Waals surface area contributed by atoms with Crippen LogP contribution in [-0.4, -0.2) is 24.9 Å². The zero-order chi connectivity index (χ0) is 15.7. The van der Waals surface area contributed by atoms with E-state index in [0.717, 1.165) is 18.6 Å². The second kappa shape index (κ2) is 6.08. The van der Waals surface area contributed by atoms with Gasteiger partial charge in [0.25, 0.3) is 5.56 Å². The van der Waals surface area contributed by atoms with Gasteiger partial charge < -0.3 is 0 Å². The number of aryl methyl sites for hydroxylation is 1. The monoisotopic (exact) mass is 320 g/mol. The standard InChI is InChI=1S/C15H17FN4OS/c1-3-8-19-13(21)10-6-5-7-11(16)12(10)20-14(19)17-18-15(20)22-9-4-2/h5-7H,3-4,8-9H2,1-2H3. The van der Waals surface area contributed by atoms with Crippen LogP contribution in [0.2, 0.25) is 0 Å². The van der Waals surface area contributed by atoms with Crippen LogP contribution in [-0.2, 0) is 6.54 Å². The van der Waals surface area contributed by atoms with E-state index in [1.807, 2.05) is 6.92 Å². The number of thioether (sulfide) groups is 1. The number of hydrogen-bond donors (Lipinski definition) is 0. The van der Waals surface area contributed by atoms with E-state index in [-0.39, 0.29) is 11.1 Å². The highest BCUT2D eigenvalue weighted by molar-refractivity contribution is 7.99. The van der Waals surface area contributed by atoms with Gasteiger partial charge in [0.15, 0.2) is 5.16 Å². The topological polar surface area (TPSA) is 52.2 Å². The lowest BCUT2D eigenvalue weighted by molar-refractivity contribution is 0.626. The van der Waals surface area contributed by atoms with Crippen LogP contribution in [0, 0.1) is 5.82 Å². The molecular formula is C15H17FN4OS. The molecule has 0 aliphatic carbocycles. The first kappa shape index (κ1) is 15.0. The maximum Gasteiger partial charge on any atom is 0.262 e. The molecular weight excluding hydrogens is 303 g/mol. The first-order valence-corrected chi connectivity index (χ1v) is 8.36. The summed E-state index contributed by atoms with van der Waals surface area (Å²) in [6, 6.07) is 4.57. The second-order valence-electron chi connectivity index (χ2n) is 5.06. The Labute approximate surface area is 131 Å². The van der Waals surface area contributed by atoms with E-state index < -0.39 is 5.82 Å². The Morgan fingerprint density at radius 2 is 2.05 bits per heavy atom. The Balaban J connectivity index is 2.44. The molecule has 2 aromatic heterocycles. The number of benzene rings is 1. The molecule has 0 radical (unpaired) electrons. The quantitative estimate of drug-likeness (QED) is 0.678. The van der Waals surface area contributed by atoms with Gasteiger partial charge in [-0.15, -0.1) is 10.2 Å². The summed E-state index contributed by atoms with van der Waals surface area (Å²) in [4.78, 5) is 12.6. The summed E-state index contributed by atoms with van der Waals surface area (Å²) < 4.78 is 17.6. The third kappa shape index (κ3) is 2.29. The van der Waals surface area contributed by atoms with Gasteiger partial charge in [-0.25, -0.2) is 4.39 Å². The Bertz CT molecular complexity index is 886. The average Bonchev–Trinajstić information content (AvgIpc) is 2.93. The molecule has 22 heavy (non-hydrogen) atoms. The summed E-state index contributed by atoms with van der Waals surface area (Å²) in [5.74, 6) is 0.841. The SMILES string of the molecule is CCCSc1nnc2n(CCC)c(=O)c3cccc(F)c3n12. The van der Waals surface area contributed by atoms with Crippen molar-refractivity contribution >= 4 is 28.4 Å². The number of aromatic nitrogens is 4. The number of halogens is 1. The number of hydrogen-bond acceptors (Lipinski definition) is 4. The fourth-order valence-corrected chi connectivity index (χ4v) is 3.28. The van der Waals surface area contributed by atoms with Crippen LogP contribution in [0.25, 0.3) is 16.7 Å². The number of nitrogens with zero attached hydrogens (tertiary/aromatic N) is 4. The maximum atomic E-state index is 14.4. The van der Waals surface area contributed by atoms with E-state index in [2.05, 4.69) is 17.1 Å². The van der Waals surface area contributed by atoms with Crippen molar-refractivity contribution in [2.75, 3.05) is 5.75 Å². The third-order valence-corrected chi connectivity index (χ3v) is 4.56. The Kier molecular flexibility index (Phi) is 4.15. The fraction of sp³-hybridized carbons (Fsp3) is 0.400. The molecule has 0 bridgehead atoms. The molecule has 0 saturated carbocycles. The van der Waals surface area contributed by atoms with E-state index >= 15 is 0 Å². The molecule has 3 aromatic rings. The van der Waals surface area contributed by atoms with Crippen LogP contribution in [0.1, 0.15) is 26.7 Å². The normalized spacial score (nSPS) is 11.6. The number of fused-ring (bicyclic) bond motifs is 3. The van der Waals surface area contributed by atoms with Crippen molar-refractivity contribution in [2.45, 2.75) is 38.4 Å². The molecule has 0 unspecified atom stereocenters. The van der Waals surface area contributed by atoms with Crippen molar-refractivity contribution in [3.63, 3.8) is 0 Å². The van der Waals surface area contributed by atoms with Gasteiger partial charge >= 0.3 is 0 Å². The van der Waals surface area contributed by atoms with Crippen molar-refractivity contribution in [1.82, 2.24) is 19.2 Å². The van der Waals surface area contributed by atoms with Crippen molar-refractivity contribution in [3.8, 4) is 0 Å². The summed E-state index contributed by atoms with van der Waals surface area (Å²) >= 11 is 1.52. The molecule has 1 aromatic carbocycles. The molecule has 116 valence electrons. The lowest BCUT2D eigenvalue weighted by atomic mass is 10.2. The van der Waals surface area contributed by atoms with Gasteiger partial charge in [-0.05, 0) is 25.0 Å².